The Bertz CT molecular complexity index is 1140. The molecule has 0 spiro atoms. The molecule has 0 heterocycles. The van der Waals surface area contributed by atoms with Gasteiger partial charge in [-0.05, 0) is 44.0 Å². The molecule has 36 heavy (non-hydrogen) atoms. The summed E-state index contributed by atoms with van der Waals surface area (Å²) in [5.74, 6) is -0.204. The largest absolute Gasteiger partial charge is 0.495 e. The molecule has 11 heteroatoms. The maximum atomic E-state index is 13.3. The fourth-order valence-corrected chi connectivity index (χ4v) is 5.14. The highest BCUT2D eigenvalue weighted by atomic mass is 35.5. The minimum Gasteiger partial charge on any atom is -0.495 e. The van der Waals surface area contributed by atoms with Crippen molar-refractivity contribution >= 4 is 50.7 Å². The fourth-order valence-electron chi connectivity index (χ4n) is 3.65. The molecule has 0 aliphatic heterocycles. The minimum absolute atomic E-state index is 0.00857. The average Bonchev–Trinajstić information content (AvgIpc) is 2.83. The zero-order chi connectivity index (χ0) is 26.9. The van der Waals surface area contributed by atoms with E-state index in [0.717, 1.165) is 12.7 Å². The molecule has 0 radical (unpaired) electrons. The highest BCUT2D eigenvalue weighted by Crippen LogP contribution is 2.30. The predicted molar refractivity (Wildman–Crippen MR) is 144 cm³/mol. The van der Waals surface area contributed by atoms with E-state index in [1.807, 2.05) is 6.92 Å². The number of nitrogens with one attached hydrogen (secondary N) is 1. The molecule has 0 unspecified atom stereocenters. The quantitative estimate of drug-likeness (QED) is 0.391. The van der Waals surface area contributed by atoms with Crippen LogP contribution in [0.5, 0.6) is 5.75 Å². The maximum Gasteiger partial charge on any atom is 0.242 e. The predicted octanol–water partition coefficient (Wildman–Crippen LogP) is 4.49. The van der Waals surface area contributed by atoms with Gasteiger partial charge in [0.05, 0.1) is 19.1 Å². The summed E-state index contributed by atoms with van der Waals surface area (Å²) >= 11 is 12.7. The Kier molecular flexibility index (Phi) is 11.3. The number of para-hydroxylation sites is 2. The summed E-state index contributed by atoms with van der Waals surface area (Å²) in [6.07, 6.45) is 2.09. The van der Waals surface area contributed by atoms with Crippen LogP contribution >= 0.6 is 23.2 Å². The first-order valence-electron chi connectivity index (χ1n) is 11.6. The van der Waals surface area contributed by atoms with Crippen molar-refractivity contribution in [3.8, 4) is 5.75 Å². The van der Waals surface area contributed by atoms with Gasteiger partial charge in [0.2, 0.25) is 21.8 Å². The van der Waals surface area contributed by atoms with Crippen LogP contribution in [-0.4, -0.2) is 57.6 Å². The van der Waals surface area contributed by atoms with Gasteiger partial charge in [-0.3, -0.25) is 13.9 Å². The second-order valence-electron chi connectivity index (χ2n) is 8.30. The summed E-state index contributed by atoms with van der Waals surface area (Å²) in [5.41, 5.74) is 0.929. The van der Waals surface area contributed by atoms with Crippen molar-refractivity contribution in [1.82, 2.24) is 10.2 Å². The Balaban J connectivity index is 2.24. The third-order valence-corrected chi connectivity index (χ3v) is 7.50. The van der Waals surface area contributed by atoms with Crippen molar-refractivity contribution in [2.45, 2.75) is 45.7 Å². The summed E-state index contributed by atoms with van der Waals surface area (Å²) in [6.45, 7) is 4.17. The Morgan fingerprint density at radius 3 is 2.31 bits per heavy atom. The molecule has 0 saturated carbocycles. The number of nitrogens with zero attached hydrogens (tertiary/aromatic N) is 2. The van der Waals surface area contributed by atoms with Gasteiger partial charge in [0.1, 0.15) is 11.8 Å². The van der Waals surface area contributed by atoms with E-state index in [1.165, 1.54) is 16.3 Å². The first-order chi connectivity index (χ1) is 17.0. The van der Waals surface area contributed by atoms with E-state index < -0.39 is 16.1 Å². The fraction of sp³-hybridized carbons (Fsp3) is 0.440. The molecule has 0 fully saturated rings. The van der Waals surface area contributed by atoms with Gasteiger partial charge in [0, 0.05) is 41.7 Å². The van der Waals surface area contributed by atoms with E-state index in [1.54, 1.807) is 49.4 Å². The monoisotopic (exact) mass is 557 g/mol. The zero-order valence-corrected chi connectivity index (χ0v) is 23.3. The molecule has 198 valence electrons. The van der Waals surface area contributed by atoms with Crippen LogP contribution in [0.1, 0.15) is 38.7 Å². The lowest BCUT2D eigenvalue weighted by Gasteiger charge is -2.30. The summed E-state index contributed by atoms with van der Waals surface area (Å²) in [5, 5.41) is 3.59. The Morgan fingerprint density at radius 2 is 1.72 bits per heavy atom. The van der Waals surface area contributed by atoms with E-state index in [-0.39, 0.29) is 37.7 Å². The van der Waals surface area contributed by atoms with Gasteiger partial charge < -0.3 is 15.0 Å². The Morgan fingerprint density at radius 1 is 1.08 bits per heavy atom. The molecule has 1 atom stereocenters. The van der Waals surface area contributed by atoms with E-state index in [9.17, 15) is 18.0 Å². The number of methoxy groups -OCH3 is 1. The standard InChI is InChI=1S/C25H33Cl2N3O5S/c1-5-15-28-25(32)18(2)29(17-19-20(26)10-8-11-21(19)27)24(31)14-9-16-30(36(4,33)34)22-12-6-7-13-23(22)35-3/h6-8,10-13,18H,5,9,14-17H2,1-4H3,(H,28,32)/t18-/m1/s1. The van der Waals surface area contributed by atoms with E-state index >= 15 is 0 Å². The van der Waals surface area contributed by atoms with Crippen LogP contribution < -0.4 is 14.4 Å². The van der Waals surface area contributed by atoms with Crippen LogP contribution in [0.3, 0.4) is 0 Å². The third-order valence-electron chi connectivity index (χ3n) is 5.61. The number of rotatable bonds is 13. The van der Waals surface area contributed by atoms with Gasteiger partial charge in [0.15, 0.2) is 0 Å². The van der Waals surface area contributed by atoms with Crippen molar-refractivity contribution in [2.75, 3.05) is 30.8 Å². The second kappa shape index (κ2) is 13.7. The number of amides is 2. The van der Waals surface area contributed by atoms with Crippen LogP contribution in [0.25, 0.3) is 0 Å². The van der Waals surface area contributed by atoms with Crippen molar-refractivity contribution in [2.24, 2.45) is 0 Å². The van der Waals surface area contributed by atoms with Crippen molar-refractivity contribution in [3.05, 3.63) is 58.1 Å². The zero-order valence-electron chi connectivity index (χ0n) is 21.0. The molecule has 1 N–H and O–H groups in total. The van der Waals surface area contributed by atoms with Crippen molar-refractivity contribution in [3.63, 3.8) is 0 Å². The normalized spacial score (nSPS) is 12.1. The van der Waals surface area contributed by atoms with Gasteiger partial charge in [-0.1, -0.05) is 48.3 Å². The topological polar surface area (TPSA) is 96.0 Å². The van der Waals surface area contributed by atoms with Crippen LogP contribution in [-0.2, 0) is 26.2 Å². The van der Waals surface area contributed by atoms with Crippen LogP contribution in [0.15, 0.2) is 42.5 Å². The van der Waals surface area contributed by atoms with E-state index in [2.05, 4.69) is 5.32 Å². The lowest BCUT2D eigenvalue weighted by molar-refractivity contribution is -0.140. The van der Waals surface area contributed by atoms with Crippen LogP contribution in [0.4, 0.5) is 5.69 Å². The highest BCUT2D eigenvalue weighted by Gasteiger charge is 2.28. The number of sulfonamides is 1. The molecule has 2 aromatic carbocycles. The number of hydrogen-bond acceptors (Lipinski definition) is 5. The Labute approximate surface area is 223 Å². The summed E-state index contributed by atoms with van der Waals surface area (Å²) in [4.78, 5) is 27.5. The van der Waals surface area contributed by atoms with Gasteiger partial charge in [0.25, 0.3) is 0 Å². The molecule has 0 aromatic heterocycles. The molecular weight excluding hydrogens is 525 g/mol. The average molecular weight is 559 g/mol. The number of ether oxygens (including phenoxy) is 1. The summed E-state index contributed by atoms with van der Waals surface area (Å²) in [7, 11) is -2.18. The van der Waals surface area contributed by atoms with Gasteiger partial charge in [-0.25, -0.2) is 8.42 Å². The van der Waals surface area contributed by atoms with Gasteiger partial charge in [-0.2, -0.15) is 0 Å². The highest BCUT2D eigenvalue weighted by molar-refractivity contribution is 7.92. The first-order valence-corrected chi connectivity index (χ1v) is 14.2. The summed E-state index contributed by atoms with van der Waals surface area (Å²) < 4.78 is 31.6. The smallest absolute Gasteiger partial charge is 0.242 e. The summed E-state index contributed by atoms with van der Waals surface area (Å²) in [6, 6.07) is 11.0. The third kappa shape index (κ3) is 8.01. The van der Waals surface area contributed by atoms with Crippen molar-refractivity contribution < 1.29 is 22.7 Å². The number of anilines is 1. The molecule has 0 bridgehead atoms. The first kappa shape index (κ1) is 29.7. The molecule has 2 rings (SSSR count). The lowest BCUT2D eigenvalue weighted by atomic mass is 10.1. The number of benzene rings is 2. The number of carbonyl (C=O) groups excluding carboxylic acids is 2. The molecule has 0 saturated heterocycles. The number of halogens is 2. The minimum atomic E-state index is -3.64. The maximum absolute atomic E-state index is 13.3. The van der Waals surface area contributed by atoms with E-state index in [0.29, 0.717) is 33.6 Å². The SMILES string of the molecule is CCCNC(=O)[C@@H](C)N(Cc1c(Cl)cccc1Cl)C(=O)CCCN(c1ccccc1OC)S(C)(=O)=O. The lowest BCUT2D eigenvalue weighted by Crippen LogP contribution is -2.48. The number of carbonyl (C=O) groups is 2. The number of hydrogen-bond donors (Lipinski definition) is 1. The van der Waals surface area contributed by atoms with Gasteiger partial charge >= 0.3 is 0 Å². The molecule has 2 amide bonds. The van der Waals surface area contributed by atoms with Crippen molar-refractivity contribution in [1.29, 1.82) is 0 Å². The molecule has 8 nitrogen and oxygen atoms in total. The van der Waals surface area contributed by atoms with Crippen LogP contribution in [0, 0.1) is 0 Å². The molecule has 0 aliphatic carbocycles. The Hall–Kier alpha value is -2.49. The molecule has 2 aromatic rings. The molecular formula is C25H33Cl2N3O5S. The van der Waals surface area contributed by atoms with Gasteiger partial charge in [-0.15, -0.1) is 0 Å². The molecule has 0 aliphatic rings. The van der Waals surface area contributed by atoms with Crippen LogP contribution in [0.2, 0.25) is 10.0 Å². The van der Waals surface area contributed by atoms with E-state index in [4.69, 9.17) is 27.9 Å². The second-order valence-corrected chi connectivity index (χ2v) is 11.0.